The van der Waals surface area contributed by atoms with Gasteiger partial charge < -0.3 is 0 Å². The van der Waals surface area contributed by atoms with Gasteiger partial charge >= 0.3 is 6.05 Å². The van der Waals surface area contributed by atoms with Crippen molar-refractivity contribution in [3.63, 3.8) is 0 Å². The predicted molar refractivity (Wildman–Crippen MR) is 190 cm³/mol. The average molecular weight is 629 g/mol. The maximum Gasteiger partial charge on any atom is 0.341 e. The zero-order valence-electron chi connectivity index (χ0n) is 26.5. The Hall–Kier alpha value is -5.35. The molecule has 0 atom stereocenters. The van der Waals surface area contributed by atoms with E-state index in [1.165, 1.54) is 4.90 Å². The van der Waals surface area contributed by atoms with E-state index in [4.69, 9.17) is 4.99 Å². The zero-order valence-corrected chi connectivity index (χ0v) is 26.5. The van der Waals surface area contributed by atoms with Gasteiger partial charge in [-0.1, -0.05) is 158 Å². The fraction of sp³-hybridized carbons (Fsp3) is 0.159. The van der Waals surface area contributed by atoms with Gasteiger partial charge in [0.25, 0.3) is 0 Å². The fourth-order valence-electron chi connectivity index (χ4n) is 9.05. The van der Waals surface area contributed by atoms with Gasteiger partial charge in [-0.2, -0.15) is 8.78 Å². The predicted octanol–water partition coefficient (Wildman–Crippen LogP) is 9.71. The SMILES string of the molecule is FC1(F)N(CCc2ccccc2)C(=NCCc2ccccc2)C2(c3ccccc3-c3ccccc32)C12c1ccccc1-c1ccccc12. The third-order valence-corrected chi connectivity index (χ3v) is 10.8. The molecule has 2 nitrogen and oxygen atoms in total. The number of aliphatic imine (C=N–C) groups is 1. The molecule has 0 aromatic heterocycles. The molecule has 4 heteroatoms. The Balaban J connectivity index is 1.39. The molecule has 0 N–H and O–H groups in total. The Morgan fingerprint density at radius 2 is 0.854 bits per heavy atom. The number of likely N-dealkylation sites (tertiary alicyclic amines) is 1. The van der Waals surface area contributed by atoms with Crippen molar-refractivity contribution >= 4 is 5.84 Å². The number of alkyl halides is 2. The van der Waals surface area contributed by atoms with Crippen molar-refractivity contribution in [1.82, 2.24) is 4.90 Å². The monoisotopic (exact) mass is 628 g/mol. The summed E-state index contributed by atoms with van der Waals surface area (Å²) in [4.78, 5) is 6.76. The van der Waals surface area contributed by atoms with Crippen LogP contribution in [-0.4, -0.2) is 29.9 Å². The molecule has 2 aliphatic carbocycles. The molecule has 9 rings (SSSR count). The summed E-state index contributed by atoms with van der Waals surface area (Å²) in [6.07, 6.45) is 1.12. The van der Waals surface area contributed by atoms with Crippen molar-refractivity contribution in [2.75, 3.05) is 13.1 Å². The minimum absolute atomic E-state index is 0.124. The standard InChI is InChI=1S/C44H34F2N2/c45-44(46)43(39-25-13-9-21-35(39)36-22-10-14-26-40(36)43)42(37-23-11-7-19-33(37)34-20-8-12-24-38(34)42)41(47-29-27-31-15-3-1-4-16-31)48(44)30-28-32-17-5-2-6-18-32/h1-26H,27-30H2. The van der Waals surface area contributed by atoms with Crippen LogP contribution in [0.1, 0.15) is 33.4 Å². The van der Waals surface area contributed by atoms with Crippen molar-refractivity contribution in [2.45, 2.75) is 29.7 Å². The summed E-state index contributed by atoms with van der Waals surface area (Å²) in [6, 6.07) is 48.8. The summed E-state index contributed by atoms with van der Waals surface area (Å²) < 4.78 is 37.5. The molecule has 0 saturated carbocycles. The van der Waals surface area contributed by atoms with Crippen molar-refractivity contribution in [3.05, 3.63) is 191 Å². The second kappa shape index (κ2) is 10.8. The van der Waals surface area contributed by atoms with E-state index < -0.39 is 16.9 Å². The number of fused-ring (bicyclic) bond motifs is 11. The molecule has 48 heavy (non-hydrogen) atoms. The number of hydrogen-bond donors (Lipinski definition) is 0. The Bertz CT molecular complexity index is 2100. The highest BCUT2D eigenvalue weighted by molar-refractivity contribution is 6.10. The van der Waals surface area contributed by atoms with Crippen molar-refractivity contribution in [2.24, 2.45) is 4.99 Å². The molecule has 1 fully saturated rings. The lowest BCUT2D eigenvalue weighted by atomic mass is 9.55. The van der Waals surface area contributed by atoms with Crippen LogP contribution in [0.15, 0.2) is 163 Å². The third-order valence-electron chi connectivity index (χ3n) is 10.8. The van der Waals surface area contributed by atoms with Gasteiger partial charge in [0.1, 0.15) is 16.7 Å². The molecular formula is C44H34F2N2. The van der Waals surface area contributed by atoms with Gasteiger partial charge in [-0.25, -0.2) is 0 Å². The molecule has 1 saturated heterocycles. The van der Waals surface area contributed by atoms with E-state index in [1.807, 2.05) is 121 Å². The number of amidine groups is 1. The van der Waals surface area contributed by atoms with E-state index >= 15 is 8.78 Å². The van der Waals surface area contributed by atoms with Crippen molar-refractivity contribution < 1.29 is 8.78 Å². The first-order chi connectivity index (χ1) is 23.6. The molecule has 0 unspecified atom stereocenters. The lowest BCUT2D eigenvalue weighted by Crippen LogP contribution is -2.56. The molecule has 6 aromatic rings. The number of benzene rings is 6. The first kappa shape index (κ1) is 28.8. The zero-order chi connectivity index (χ0) is 32.3. The van der Waals surface area contributed by atoms with Gasteiger partial charge in [-0.15, -0.1) is 0 Å². The van der Waals surface area contributed by atoms with Crippen LogP contribution in [0.3, 0.4) is 0 Å². The second-order valence-electron chi connectivity index (χ2n) is 13.1. The minimum atomic E-state index is -3.35. The normalized spacial score (nSPS) is 17.8. The van der Waals surface area contributed by atoms with Crippen LogP contribution in [0.2, 0.25) is 0 Å². The minimum Gasteiger partial charge on any atom is -0.299 e. The quantitative estimate of drug-likeness (QED) is 0.168. The van der Waals surface area contributed by atoms with Gasteiger partial charge in [0.2, 0.25) is 0 Å². The largest absolute Gasteiger partial charge is 0.341 e. The molecule has 1 heterocycles. The second-order valence-corrected chi connectivity index (χ2v) is 13.1. The smallest absolute Gasteiger partial charge is 0.299 e. The molecule has 6 aromatic carbocycles. The Labute approximate surface area is 280 Å². The molecule has 0 bridgehead atoms. The topological polar surface area (TPSA) is 15.6 Å². The van der Waals surface area contributed by atoms with Crippen LogP contribution in [0, 0.1) is 0 Å². The summed E-state index contributed by atoms with van der Waals surface area (Å²) in [5.41, 5.74) is 5.87. The van der Waals surface area contributed by atoms with Gasteiger partial charge in [-0.05, 0) is 68.5 Å². The van der Waals surface area contributed by atoms with Gasteiger partial charge in [-0.3, -0.25) is 9.89 Å². The van der Waals surface area contributed by atoms with Crippen LogP contribution in [-0.2, 0) is 23.7 Å². The summed E-state index contributed by atoms with van der Waals surface area (Å²) >= 11 is 0. The summed E-state index contributed by atoms with van der Waals surface area (Å²) in [7, 11) is 0. The van der Waals surface area contributed by atoms with Gasteiger partial charge in [0, 0.05) is 13.1 Å². The van der Waals surface area contributed by atoms with Gasteiger partial charge in [0.05, 0.1) is 0 Å². The number of rotatable bonds is 6. The van der Waals surface area contributed by atoms with Crippen LogP contribution in [0.5, 0.6) is 0 Å². The number of halogens is 2. The molecule has 234 valence electrons. The molecule has 1 aliphatic heterocycles. The Kier molecular flexibility index (Phi) is 6.52. The lowest BCUT2D eigenvalue weighted by molar-refractivity contribution is -0.142. The highest BCUT2D eigenvalue weighted by atomic mass is 19.3. The van der Waals surface area contributed by atoms with E-state index in [0.29, 0.717) is 36.3 Å². The Morgan fingerprint density at radius 3 is 1.35 bits per heavy atom. The van der Waals surface area contributed by atoms with E-state index in [1.54, 1.807) is 0 Å². The maximum absolute atomic E-state index is 18.8. The number of hydrogen-bond acceptors (Lipinski definition) is 1. The first-order valence-corrected chi connectivity index (χ1v) is 16.8. The third kappa shape index (κ3) is 3.69. The van der Waals surface area contributed by atoms with Crippen molar-refractivity contribution in [1.29, 1.82) is 0 Å². The fourth-order valence-corrected chi connectivity index (χ4v) is 9.05. The van der Waals surface area contributed by atoms with Crippen LogP contribution >= 0.6 is 0 Å². The average Bonchev–Trinajstić information content (AvgIpc) is 3.67. The van der Waals surface area contributed by atoms with E-state index in [-0.39, 0.29) is 6.54 Å². The van der Waals surface area contributed by atoms with E-state index in [9.17, 15) is 0 Å². The van der Waals surface area contributed by atoms with Crippen molar-refractivity contribution in [3.8, 4) is 22.3 Å². The number of nitrogens with zero attached hydrogens (tertiary/aromatic N) is 2. The molecule has 0 radical (unpaired) electrons. The first-order valence-electron chi connectivity index (χ1n) is 16.8. The van der Waals surface area contributed by atoms with E-state index in [2.05, 4.69) is 36.4 Å². The molecule has 0 amide bonds. The highest BCUT2D eigenvalue weighted by Gasteiger charge is 2.82. The molecular weight excluding hydrogens is 594 g/mol. The summed E-state index contributed by atoms with van der Waals surface area (Å²) in [6.45, 7) is 0.516. The van der Waals surface area contributed by atoms with Crippen LogP contribution in [0.25, 0.3) is 22.3 Å². The van der Waals surface area contributed by atoms with E-state index in [0.717, 1.165) is 44.5 Å². The summed E-state index contributed by atoms with van der Waals surface area (Å²) in [5, 5.41) is 0. The summed E-state index contributed by atoms with van der Waals surface area (Å²) in [5.74, 6) is 0.447. The Morgan fingerprint density at radius 1 is 0.458 bits per heavy atom. The van der Waals surface area contributed by atoms with Crippen LogP contribution in [0.4, 0.5) is 8.78 Å². The molecule has 3 aliphatic rings. The highest BCUT2D eigenvalue weighted by Crippen LogP contribution is 2.74. The maximum atomic E-state index is 18.8. The lowest BCUT2D eigenvalue weighted by Gasteiger charge is -2.44. The molecule has 2 spiro atoms. The van der Waals surface area contributed by atoms with Crippen LogP contribution < -0.4 is 0 Å². The van der Waals surface area contributed by atoms with Gasteiger partial charge in [0.15, 0.2) is 0 Å².